The Morgan fingerprint density at radius 3 is 2.47 bits per heavy atom. The number of allylic oxidation sites excluding steroid dienone is 1. The normalized spacial score (nSPS) is 19.6. The number of hydrogen-bond donors (Lipinski definition) is 1. The molecule has 0 radical (unpaired) electrons. The molecule has 1 N–H and O–H groups in total. The van der Waals surface area contributed by atoms with Crippen molar-refractivity contribution in [2.24, 2.45) is 0 Å². The van der Waals surface area contributed by atoms with E-state index in [4.69, 9.17) is 9.47 Å². The van der Waals surface area contributed by atoms with Gasteiger partial charge in [-0.2, -0.15) is 0 Å². The van der Waals surface area contributed by atoms with Crippen molar-refractivity contribution in [1.82, 2.24) is 15.1 Å². The number of morpholine rings is 1. The summed E-state index contributed by atoms with van der Waals surface area (Å²) in [5.74, 6) is -0.532. The molecule has 8 nitrogen and oxygen atoms in total. The van der Waals surface area contributed by atoms with Crippen molar-refractivity contribution in [3.05, 3.63) is 46.7 Å². The third-order valence-electron chi connectivity index (χ3n) is 5.53. The van der Waals surface area contributed by atoms with Crippen LogP contribution >= 0.6 is 0 Å². The quantitative estimate of drug-likeness (QED) is 0.721. The van der Waals surface area contributed by atoms with E-state index in [9.17, 15) is 14.4 Å². The van der Waals surface area contributed by atoms with E-state index in [1.165, 1.54) is 7.11 Å². The third kappa shape index (κ3) is 4.48. The summed E-state index contributed by atoms with van der Waals surface area (Å²) in [6, 6.07) is 5.97. The molecule has 2 heterocycles. The molecule has 2 aliphatic heterocycles. The second kappa shape index (κ2) is 9.75. The maximum atomic E-state index is 13.5. The van der Waals surface area contributed by atoms with E-state index in [0.29, 0.717) is 49.7 Å². The van der Waals surface area contributed by atoms with Crippen LogP contribution in [0, 0.1) is 0 Å². The van der Waals surface area contributed by atoms with Crippen molar-refractivity contribution in [2.75, 3.05) is 40.0 Å². The summed E-state index contributed by atoms with van der Waals surface area (Å²) >= 11 is 0. The van der Waals surface area contributed by atoms with Crippen LogP contribution in [-0.2, 0) is 14.3 Å². The Kier molecular flexibility index (Phi) is 7.10. The van der Waals surface area contributed by atoms with Crippen molar-refractivity contribution < 1.29 is 23.9 Å². The van der Waals surface area contributed by atoms with Gasteiger partial charge in [-0.3, -0.25) is 9.69 Å². The van der Waals surface area contributed by atoms with Gasteiger partial charge in [0.2, 0.25) is 0 Å². The fourth-order valence-corrected chi connectivity index (χ4v) is 3.76. The van der Waals surface area contributed by atoms with E-state index in [0.717, 1.165) is 18.4 Å². The highest BCUT2D eigenvalue weighted by atomic mass is 16.5. The Bertz CT molecular complexity index is 828. The van der Waals surface area contributed by atoms with Crippen LogP contribution in [0.3, 0.4) is 0 Å². The monoisotopic (exact) mass is 415 g/mol. The molecule has 1 aromatic carbocycles. The van der Waals surface area contributed by atoms with E-state index in [-0.39, 0.29) is 11.9 Å². The predicted octanol–water partition coefficient (Wildman–Crippen LogP) is 2.47. The molecule has 162 valence electrons. The van der Waals surface area contributed by atoms with Crippen LogP contribution in [0.15, 0.2) is 35.5 Å². The van der Waals surface area contributed by atoms with E-state index in [1.807, 2.05) is 6.92 Å². The Labute approximate surface area is 176 Å². The molecule has 2 aliphatic rings. The Morgan fingerprint density at radius 1 is 1.20 bits per heavy atom. The van der Waals surface area contributed by atoms with Gasteiger partial charge in [-0.15, -0.1) is 0 Å². The minimum Gasteiger partial charge on any atom is -0.465 e. The highest BCUT2D eigenvalue weighted by molar-refractivity contribution is 5.98. The van der Waals surface area contributed by atoms with Crippen molar-refractivity contribution >= 4 is 17.9 Å². The molecule has 1 fully saturated rings. The third-order valence-corrected chi connectivity index (χ3v) is 5.53. The number of unbranched alkanes of at least 4 members (excludes halogenated alkanes) is 1. The molecule has 1 saturated heterocycles. The van der Waals surface area contributed by atoms with Crippen LogP contribution in [0.5, 0.6) is 0 Å². The molecule has 0 unspecified atom stereocenters. The average Bonchev–Trinajstić information content (AvgIpc) is 2.78. The minimum absolute atomic E-state index is 0.0978. The fourth-order valence-electron chi connectivity index (χ4n) is 3.76. The zero-order valence-electron chi connectivity index (χ0n) is 17.8. The highest BCUT2D eigenvalue weighted by Gasteiger charge is 2.37. The van der Waals surface area contributed by atoms with Crippen LogP contribution in [0.25, 0.3) is 0 Å². The number of methoxy groups -OCH3 is 1. The van der Waals surface area contributed by atoms with E-state index in [2.05, 4.69) is 12.2 Å². The first-order chi connectivity index (χ1) is 14.5. The molecule has 0 saturated carbocycles. The van der Waals surface area contributed by atoms with Gasteiger partial charge in [-0.05, 0) is 31.0 Å². The molecule has 3 rings (SSSR count). The topological polar surface area (TPSA) is 88.2 Å². The van der Waals surface area contributed by atoms with Gasteiger partial charge in [-0.1, -0.05) is 25.5 Å². The van der Waals surface area contributed by atoms with Crippen LogP contribution in [-0.4, -0.2) is 67.7 Å². The summed E-state index contributed by atoms with van der Waals surface area (Å²) in [7, 11) is 1.33. The van der Waals surface area contributed by atoms with Gasteiger partial charge in [0.1, 0.15) is 0 Å². The number of rotatable bonds is 6. The number of nitrogens with one attached hydrogen (secondary N) is 1. The number of esters is 1. The van der Waals surface area contributed by atoms with Crippen molar-refractivity contribution in [2.45, 2.75) is 32.7 Å². The van der Waals surface area contributed by atoms with Crippen LogP contribution in [0.4, 0.5) is 4.79 Å². The number of carbonyl (C=O) groups is 3. The van der Waals surface area contributed by atoms with Crippen LogP contribution < -0.4 is 5.32 Å². The number of carbonyl (C=O) groups excluding carboxylic acids is 3. The summed E-state index contributed by atoms with van der Waals surface area (Å²) in [6.45, 7) is 6.50. The van der Waals surface area contributed by atoms with Gasteiger partial charge in [-0.25, -0.2) is 9.59 Å². The maximum Gasteiger partial charge on any atom is 0.337 e. The Morgan fingerprint density at radius 2 is 1.87 bits per heavy atom. The maximum absolute atomic E-state index is 13.5. The molecule has 0 bridgehead atoms. The van der Waals surface area contributed by atoms with Crippen molar-refractivity contribution in [3.63, 3.8) is 0 Å². The van der Waals surface area contributed by atoms with Gasteiger partial charge in [0.05, 0.1) is 37.5 Å². The van der Waals surface area contributed by atoms with Gasteiger partial charge in [0, 0.05) is 25.3 Å². The minimum atomic E-state index is -0.586. The number of urea groups is 1. The molecule has 0 aliphatic carbocycles. The van der Waals surface area contributed by atoms with E-state index >= 15 is 0 Å². The molecule has 1 atom stereocenters. The summed E-state index contributed by atoms with van der Waals surface area (Å²) < 4.78 is 10.1. The van der Waals surface area contributed by atoms with Crippen molar-refractivity contribution in [3.8, 4) is 0 Å². The van der Waals surface area contributed by atoms with Gasteiger partial charge in [0.15, 0.2) is 0 Å². The Balaban J connectivity index is 1.98. The molecule has 3 amide bonds. The highest BCUT2D eigenvalue weighted by Crippen LogP contribution is 2.32. The number of ether oxygens (including phenoxy) is 2. The predicted molar refractivity (Wildman–Crippen MR) is 111 cm³/mol. The number of amides is 3. The number of benzene rings is 1. The smallest absolute Gasteiger partial charge is 0.337 e. The van der Waals surface area contributed by atoms with E-state index in [1.54, 1.807) is 34.1 Å². The second-order valence-electron chi connectivity index (χ2n) is 7.40. The molecule has 8 heteroatoms. The Hall–Kier alpha value is -2.87. The molecule has 1 aromatic rings. The summed E-state index contributed by atoms with van der Waals surface area (Å²) in [4.78, 5) is 41.4. The zero-order chi connectivity index (χ0) is 21.7. The SMILES string of the molecule is CCCCN1C(=O)N[C@@H](c2ccc(C(=O)OC)cc2)C(C(=O)N2CCOCC2)=C1C. The van der Waals surface area contributed by atoms with Gasteiger partial charge in [0.25, 0.3) is 5.91 Å². The first kappa shape index (κ1) is 21.8. The number of hydrogen-bond acceptors (Lipinski definition) is 5. The average molecular weight is 415 g/mol. The summed E-state index contributed by atoms with van der Waals surface area (Å²) in [6.07, 6.45) is 1.80. The lowest BCUT2D eigenvalue weighted by atomic mass is 9.93. The summed E-state index contributed by atoms with van der Waals surface area (Å²) in [5.41, 5.74) is 2.38. The lowest BCUT2D eigenvalue weighted by molar-refractivity contribution is -0.131. The van der Waals surface area contributed by atoms with E-state index < -0.39 is 12.0 Å². The summed E-state index contributed by atoms with van der Waals surface area (Å²) in [5, 5.41) is 2.99. The molecule has 30 heavy (non-hydrogen) atoms. The van der Waals surface area contributed by atoms with Crippen LogP contribution in [0.1, 0.15) is 48.7 Å². The van der Waals surface area contributed by atoms with Crippen molar-refractivity contribution in [1.29, 1.82) is 0 Å². The molecule has 0 spiro atoms. The van der Waals surface area contributed by atoms with Gasteiger partial charge < -0.3 is 19.7 Å². The second-order valence-corrected chi connectivity index (χ2v) is 7.40. The standard InChI is InChI=1S/C22H29N3O5/c1-4-5-10-25-15(2)18(20(26)24-11-13-30-14-12-24)19(23-22(25)28)16-6-8-17(9-7-16)21(27)29-3/h6-9,19H,4-5,10-14H2,1-3H3,(H,23,28)/t19-/m0/s1. The zero-order valence-corrected chi connectivity index (χ0v) is 17.8. The molecule has 0 aromatic heterocycles. The largest absolute Gasteiger partial charge is 0.465 e. The first-order valence-corrected chi connectivity index (χ1v) is 10.3. The lowest BCUT2D eigenvalue weighted by Gasteiger charge is -2.38. The van der Waals surface area contributed by atoms with Gasteiger partial charge >= 0.3 is 12.0 Å². The first-order valence-electron chi connectivity index (χ1n) is 10.3. The van der Waals surface area contributed by atoms with Crippen LogP contribution in [0.2, 0.25) is 0 Å². The molecular weight excluding hydrogens is 386 g/mol. The molecular formula is C22H29N3O5. The fraction of sp³-hybridized carbons (Fsp3) is 0.500. The number of nitrogens with zero attached hydrogens (tertiary/aromatic N) is 2. The lowest BCUT2D eigenvalue weighted by Crippen LogP contribution is -2.51.